The standard InChI is InChI=1S/C14H12BrNO3/c1-9-11-8-10(15)4-5-12(11)19-13(9)14(17)18-7-3-2-6-16/h4-5,8H,2-3,7H2,1H3. The van der Waals surface area contributed by atoms with Crippen molar-refractivity contribution in [3.8, 4) is 6.07 Å². The second kappa shape index (κ2) is 5.89. The van der Waals surface area contributed by atoms with Gasteiger partial charge in [-0.1, -0.05) is 15.9 Å². The number of carbonyl (C=O) groups is 1. The van der Waals surface area contributed by atoms with Crippen molar-refractivity contribution in [1.29, 1.82) is 5.26 Å². The average molecular weight is 322 g/mol. The van der Waals surface area contributed by atoms with Crippen LogP contribution in [0.4, 0.5) is 0 Å². The largest absolute Gasteiger partial charge is 0.460 e. The minimum atomic E-state index is -0.484. The number of hydrogen-bond donors (Lipinski definition) is 0. The van der Waals surface area contributed by atoms with E-state index in [-0.39, 0.29) is 12.4 Å². The number of aryl methyl sites for hydroxylation is 1. The number of esters is 1. The van der Waals surface area contributed by atoms with Crippen molar-refractivity contribution < 1.29 is 13.9 Å². The Bertz CT molecular complexity index is 654. The molecule has 0 N–H and O–H groups in total. The van der Waals surface area contributed by atoms with Crippen LogP contribution in [-0.4, -0.2) is 12.6 Å². The molecule has 0 atom stereocenters. The lowest BCUT2D eigenvalue weighted by molar-refractivity contribution is 0.0467. The van der Waals surface area contributed by atoms with Crippen LogP contribution in [0, 0.1) is 18.3 Å². The second-order valence-corrected chi connectivity index (χ2v) is 5.01. The topological polar surface area (TPSA) is 63.2 Å². The molecule has 0 amide bonds. The number of fused-ring (bicyclic) bond motifs is 1. The molecule has 1 aromatic carbocycles. The molecule has 1 heterocycles. The van der Waals surface area contributed by atoms with E-state index in [1.165, 1.54) is 0 Å². The number of nitriles is 1. The van der Waals surface area contributed by atoms with Crippen molar-refractivity contribution in [2.75, 3.05) is 6.61 Å². The zero-order valence-electron chi connectivity index (χ0n) is 10.4. The first-order valence-electron chi connectivity index (χ1n) is 5.86. The van der Waals surface area contributed by atoms with Crippen LogP contribution in [-0.2, 0) is 4.74 Å². The number of nitrogens with zero attached hydrogens (tertiary/aromatic N) is 1. The van der Waals surface area contributed by atoms with E-state index < -0.39 is 5.97 Å². The van der Waals surface area contributed by atoms with Crippen molar-refractivity contribution >= 4 is 32.9 Å². The number of ether oxygens (including phenoxy) is 1. The van der Waals surface area contributed by atoms with Gasteiger partial charge in [0, 0.05) is 21.8 Å². The molecule has 0 fully saturated rings. The zero-order valence-corrected chi connectivity index (χ0v) is 12.0. The van der Waals surface area contributed by atoms with Gasteiger partial charge in [-0.15, -0.1) is 0 Å². The van der Waals surface area contributed by atoms with E-state index in [0.29, 0.717) is 18.4 Å². The summed E-state index contributed by atoms with van der Waals surface area (Å²) in [6.07, 6.45) is 0.909. The Labute approximate surface area is 119 Å². The molecular weight excluding hydrogens is 310 g/mol. The molecule has 0 saturated carbocycles. The van der Waals surface area contributed by atoms with E-state index in [1.807, 2.05) is 25.1 Å². The second-order valence-electron chi connectivity index (χ2n) is 4.09. The van der Waals surface area contributed by atoms with Gasteiger partial charge in [-0.3, -0.25) is 0 Å². The molecule has 0 bridgehead atoms. The molecule has 4 nitrogen and oxygen atoms in total. The van der Waals surface area contributed by atoms with E-state index in [9.17, 15) is 4.79 Å². The summed E-state index contributed by atoms with van der Waals surface area (Å²) in [7, 11) is 0. The maximum Gasteiger partial charge on any atom is 0.374 e. The van der Waals surface area contributed by atoms with Crippen molar-refractivity contribution in [2.45, 2.75) is 19.8 Å². The van der Waals surface area contributed by atoms with E-state index in [4.69, 9.17) is 14.4 Å². The third-order valence-electron chi connectivity index (χ3n) is 2.75. The van der Waals surface area contributed by atoms with Gasteiger partial charge >= 0.3 is 5.97 Å². The summed E-state index contributed by atoms with van der Waals surface area (Å²) in [4.78, 5) is 11.9. The average Bonchev–Trinajstić information content (AvgIpc) is 2.72. The Morgan fingerprint density at radius 2 is 2.32 bits per heavy atom. The fourth-order valence-electron chi connectivity index (χ4n) is 1.77. The normalized spacial score (nSPS) is 10.4. The molecule has 0 radical (unpaired) electrons. The third-order valence-corrected chi connectivity index (χ3v) is 3.24. The zero-order chi connectivity index (χ0) is 13.8. The van der Waals surface area contributed by atoms with Gasteiger partial charge in [0.15, 0.2) is 0 Å². The quantitative estimate of drug-likeness (QED) is 0.631. The third kappa shape index (κ3) is 2.96. The van der Waals surface area contributed by atoms with Gasteiger partial charge in [0.25, 0.3) is 0 Å². The minimum Gasteiger partial charge on any atom is -0.460 e. The maximum atomic E-state index is 11.9. The molecule has 0 unspecified atom stereocenters. The predicted molar refractivity (Wildman–Crippen MR) is 73.8 cm³/mol. The van der Waals surface area contributed by atoms with Gasteiger partial charge in [0.2, 0.25) is 5.76 Å². The highest BCUT2D eigenvalue weighted by Crippen LogP contribution is 2.28. The highest BCUT2D eigenvalue weighted by Gasteiger charge is 2.18. The summed E-state index contributed by atoms with van der Waals surface area (Å²) >= 11 is 3.38. The molecule has 0 spiro atoms. The maximum absolute atomic E-state index is 11.9. The number of benzene rings is 1. The summed E-state index contributed by atoms with van der Waals surface area (Å²) < 4.78 is 11.5. The number of unbranched alkanes of at least 4 members (excludes halogenated alkanes) is 1. The number of hydrogen-bond acceptors (Lipinski definition) is 4. The lowest BCUT2D eigenvalue weighted by atomic mass is 10.1. The van der Waals surface area contributed by atoms with Gasteiger partial charge < -0.3 is 9.15 Å². The molecule has 0 aliphatic rings. The Balaban J connectivity index is 2.18. The molecule has 98 valence electrons. The van der Waals surface area contributed by atoms with Crippen LogP contribution in [0.5, 0.6) is 0 Å². The van der Waals surface area contributed by atoms with Crippen LogP contribution in [0.15, 0.2) is 27.1 Å². The van der Waals surface area contributed by atoms with Crippen molar-refractivity contribution in [1.82, 2.24) is 0 Å². The number of halogens is 1. The van der Waals surface area contributed by atoms with Crippen LogP contribution in [0.25, 0.3) is 11.0 Å². The Morgan fingerprint density at radius 1 is 1.53 bits per heavy atom. The Hall–Kier alpha value is -1.80. The highest BCUT2D eigenvalue weighted by atomic mass is 79.9. The summed E-state index contributed by atoms with van der Waals surface area (Å²) in [6.45, 7) is 2.05. The van der Waals surface area contributed by atoms with Crippen molar-refractivity contribution in [3.05, 3.63) is 34.0 Å². The van der Waals surface area contributed by atoms with Crippen molar-refractivity contribution in [3.63, 3.8) is 0 Å². The van der Waals surface area contributed by atoms with Gasteiger partial charge in [0.05, 0.1) is 12.7 Å². The number of carbonyl (C=O) groups excluding carboxylic acids is 1. The first-order valence-corrected chi connectivity index (χ1v) is 6.65. The minimum absolute atomic E-state index is 0.227. The molecule has 1 aromatic heterocycles. The molecule has 0 saturated heterocycles. The smallest absolute Gasteiger partial charge is 0.374 e. The SMILES string of the molecule is Cc1c(C(=O)OCCCC#N)oc2ccc(Br)cc12. The molecule has 0 aliphatic carbocycles. The first-order chi connectivity index (χ1) is 9.13. The van der Waals surface area contributed by atoms with Crippen LogP contribution < -0.4 is 0 Å². The van der Waals surface area contributed by atoms with Gasteiger partial charge in [-0.05, 0) is 31.5 Å². The van der Waals surface area contributed by atoms with Crippen LogP contribution in [0.3, 0.4) is 0 Å². The summed E-state index contributed by atoms with van der Waals surface area (Å²) in [5.41, 5.74) is 1.42. The van der Waals surface area contributed by atoms with E-state index in [1.54, 1.807) is 6.07 Å². The molecule has 2 rings (SSSR count). The predicted octanol–water partition coefficient (Wildman–Crippen LogP) is 3.96. The molecule has 5 heteroatoms. The molecular formula is C14H12BrNO3. The van der Waals surface area contributed by atoms with Gasteiger partial charge in [-0.25, -0.2) is 4.79 Å². The van der Waals surface area contributed by atoms with Crippen LogP contribution in [0.2, 0.25) is 0 Å². The van der Waals surface area contributed by atoms with E-state index in [0.717, 1.165) is 15.4 Å². The lowest BCUT2D eigenvalue weighted by Crippen LogP contribution is -2.06. The summed E-state index contributed by atoms with van der Waals surface area (Å²) in [5, 5.41) is 9.29. The molecule has 19 heavy (non-hydrogen) atoms. The lowest BCUT2D eigenvalue weighted by Gasteiger charge is -2.01. The highest BCUT2D eigenvalue weighted by molar-refractivity contribution is 9.10. The fraction of sp³-hybridized carbons (Fsp3) is 0.286. The number of rotatable bonds is 4. The van der Waals surface area contributed by atoms with Crippen LogP contribution in [0.1, 0.15) is 29.0 Å². The number of furan rings is 1. The van der Waals surface area contributed by atoms with E-state index in [2.05, 4.69) is 15.9 Å². The monoisotopic (exact) mass is 321 g/mol. The van der Waals surface area contributed by atoms with Crippen molar-refractivity contribution in [2.24, 2.45) is 0 Å². The van der Waals surface area contributed by atoms with E-state index >= 15 is 0 Å². The molecule has 2 aromatic rings. The van der Waals surface area contributed by atoms with Gasteiger partial charge in [0.1, 0.15) is 5.58 Å². The first kappa shape index (κ1) is 13.6. The fourth-order valence-corrected chi connectivity index (χ4v) is 2.13. The van der Waals surface area contributed by atoms with Gasteiger partial charge in [-0.2, -0.15) is 5.26 Å². The Morgan fingerprint density at radius 3 is 3.05 bits per heavy atom. The Kier molecular flexibility index (Phi) is 4.23. The summed E-state index contributed by atoms with van der Waals surface area (Å²) in [5.74, 6) is -0.257. The molecule has 0 aliphatic heterocycles. The summed E-state index contributed by atoms with van der Waals surface area (Å²) in [6, 6.07) is 7.56. The van der Waals surface area contributed by atoms with Crippen LogP contribution >= 0.6 is 15.9 Å².